The van der Waals surface area contributed by atoms with Crippen LogP contribution in [0.5, 0.6) is 5.75 Å². The fraction of sp³-hybridized carbons (Fsp3) is 0.429. The predicted molar refractivity (Wildman–Crippen MR) is 67.5 cm³/mol. The van der Waals surface area contributed by atoms with E-state index in [9.17, 15) is 9.59 Å². The lowest BCUT2D eigenvalue weighted by Crippen LogP contribution is -2.38. The Labute approximate surface area is 107 Å². The van der Waals surface area contributed by atoms with E-state index >= 15 is 0 Å². The second-order valence-corrected chi connectivity index (χ2v) is 4.50. The van der Waals surface area contributed by atoms with Crippen LogP contribution in [0.3, 0.4) is 0 Å². The number of carbonyl (C=O) groups excluding carboxylic acids is 2. The first-order chi connectivity index (χ1) is 8.61. The van der Waals surface area contributed by atoms with Crippen LogP contribution in [-0.4, -0.2) is 36.3 Å². The Morgan fingerprint density at radius 1 is 1.39 bits per heavy atom. The highest BCUT2D eigenvalue weighted by atomic mass is 16.5. The second kappa shape index (κ2) is 5.21. The van der Waals surface area contributed by atoms with Gasteiger partial charge in [0.05, 0.1) is 13.2 Å². The van der Waals surface area contributed by atoms with Crippen molar-refractivity contribution in [3.8, 4) is 5.75 Å². The number of methoxy groups -OCH3 is 1. The molecule has 1 heterocycles. The highest BCUT2D eigenvalue weighted by Gasteiger charge is 2.33. The maximum atomic E-state index is 11.8. The number of benzene rings is 1. The molecule has 0 aromatic heterocycles. The van der Waals surface area contributed by atoms with Gasteiger partial charge in [0.2, 0.25) is 5.91 Å². The zero-order chi connectivity index (χ0) is 13.1. The van der Waals surface area contributed by atoms with Gasteiger partial charge in [-0.05, 0) is 24.1 Å². The molecule has 1 amide bonds. The molecule has 1 unspecified atom stereocenters. The summed E-state index contributed by atoms with van der Waals surface area (Å²) in [5.74, 6) is 0.917. The van der Waals surface area contributed by atoms with Crippen molar-refractivity contribution in [2.45, 2.75) is 25.8 Å². The summed E-state index contributed by atoms with van der Waals surface area (Å²) in [5, 5.41) is 0. The summed E-state index contributed by atoms with van der Waals surface area (Å²) >= 11 is 0. The molecule has 0 saturated carbocycles. The fourth-order valence-corrected chi connectivity index (χ4v) is 2.31. The molecule has 1 aromatic carbocycles. The number of rotatable bonds is 3. The average molecular weight is 247 g/mol. The van der Waals surface area contributed by atoms with Gasteiger partial charge in [-0.1, -0.05) is 12.1 Å². The summed E-state index contributed by atoms with van der Waals surface area (Å²) in [6.45, 7) is 2.06. The Balaban J connectivity index is 2.11. The largest absolute Gasteiger partial charge is 0.497 e. The molecule has 4 heteroatoms. The molecular weight excluding hydrogens is 230 g/mol. The molecule has 0 spiro atoms. The minimum Gasteiger partial charge on any atom is -0.497 e. The summed E-state index contributed by atoms with van der Waals surface area (Å²) in [6, 6.07) is 7.31. The standard InChI is InChI=1S/C14H17NO3/c1-10(16)15-8-7-14(17)13(15)9-11-3-5-12(18-2)6-4-11/h3-6,13H,7-9H2,1-2H3. The average Bonchev–Trinajstić information content (AvgIpc) is 2.72. The Kier molecular flexibility index (Phi) is 3.65. The van der Waals surface area contributed by atoms with E-state index in [1.165, 1.54) is 6.92 Å². The van der Waals surface area contributed by atoms with Crippen molar-refractivity contribution >= 4 is 11.7 Å². The van der Waals surface area contributed by atoms with Gasteiger partial charge in [0, 0.05) is 19.9 Å². The van der Waals surface area contributed by atoms with E-state index in [1.54, 1.807) is 12.0 Å². The van der Waals surface area contributed by atoms with Crippen LogP contribution >= 0.6 is 0 Å². The molecule has 1 aromatic rings. The van der Waals surface area contributed by atoms with Crippen molar-refractivity contribution in [1.82, 2.24) is 4.90 Å². The number of ketones is 1. The minimum absolute atomic E-state index is 0.0284. The molecule has 1 fully saturated rings. The molecule has 1 saturated heterocycles. The summed E-state index contributed by atoms with van der Waals surface area (Å²) in [5.41, 5.74) is 1.04. The third-order valence-electron chi connectivity index (χ3n) is 3.34. The zero-order valence-electron chi connectivity index (χ0n) is 10.7. The van der Waals surface area contributed by atoms with E-state index in [0.29, 0.717) is 19.4 Å². The Morgan fingerprint density at radius 3 is 2.61 bits per heavy atom. The molecule has 1 aliphatic rings. The third kappa shape index (κ3) is 2.53. The number of hydrogen-bond donors (Lipinski definition) is 0. The van der Waals surface area contributed by atoms with Gasteiger partial charge in [-0.25, -0.2) is 0 Å². The van der Waals surface area contributed by atoms with Crippen molar-refractivity contribution in [1.29, 1.82) is 0 Å². The van der Waals surface area contributed by atoms with E-state index in [0.717, 1.165) is 11.3 Å². The maximum absolute atomic E-state index is 11.8. The van der Waals surface area contributed by atoms with Crippen LogP contribution in [0, 0.1) is 0 Å². The van der Waals surface area contributed by atoms with Gasteiger partial charge in [-0.15, -0.1) is 0 Å². The lowest BCUT2D eigenvalue weighted by Gasteiger charge is -2.21. The van der Waals surface area contributed by atoms with Crippen LogP contribution in [-0.2, 0) is 16.0 Å². The zero-order valence-corrected chi connectivity index (χ0v) is 10.7. The summed E-state index contributed by atoms with van der Waals surface area (Å²) in [7, 11) is 1.62. The number of likely N-dealkylation sites (tertiary alicyclic amines) is 1. The quantitative estimate of drug-likeness (QED) is 0.811. The van der Waals surface area contributed by atoms with Crippen molar-refractivity contribution < 1.29 is 14.3 Å². The van der Waals surface area contributed by atoms with Crippen LogP contribution in [0.2, 0.25) is 0 Å². The summed E-state index contributed by atoms with van der Waals surface area (Å²) in [6.07, 6.45) is 1.06. The Bertz CT molecular complexity index is 453. The number of carbonyl (C=O) groups is 2. The fourth-order valence-electron chi connectivity index (χ4n) is 2.31. The SMILES string of the molecule is COc1ccc(CC2C(=O)CCN2C(C)=O)cc1. The molecular formula is C14H17NO3. The van der Waals surface area contributed by atoms with Crippen molar-refractivity contribution in [2.24, 2.45) is 0 Å². The monoisotopic (exact) mass is 247 g/mol. The number of amides is 1. The van der Waals surface area contributed by atoms with Gasteiger partial charge >= 0.3 is 0 Å². The lowest BCUT2D eigenvalue weighted by molar-refractivity contribution is -0.132. The molecule has 1 atom stereocenters. The molecule has 96 valence electrons. The number of ether oxygens (including phenoxy) is 1. The lowest BCUT2D eigenvalue weighted by atomic mass is 10.0. The first kappa shape index (κ1) is 12.6. The van der Waals surface area contributed by atoms with Gasteiger partial charge in [0.1, 0.15) is 5.75 Å². The van der Waals surface area contributed by atoms with Gasteiger partial charge in [0.15, 0.2) is 5.78 Å². The Morgan fingerprint density at radius 2 is 2.06 bits per heavy atom. The van der Waals surface area contributed by atoms with Gasteiger partial charge in [0.25, 0.3) is 0 Å². The summed E-state index contributed by atoms with van der Waals surface area (Å²) < 4.78 is 5.09. The van der Waals surface area contributed by atoms with Crippen LogP contribution in [0.1, 0.15) is 18.9 Å². The second-order valence-electron chi connectivity index (χ2n) is 4.50. The smallest absolute Gasteiger partial charge is 0.220 e. The van der Waals surface area contributed by atoms with E-state index in [2.05, 4.69) is 0 Å². The molecule has 4 nitrogen and oxygen atoms in total. The van der Waals surface area contributed by atoms with Gasteiger partial charge < -0.3 is 9.64 Å². The number of Topliss-reactive ketones (excluding diaryl/α,β-unsaturated/α-hetero) is 1. The van der Waals surface area contributed by atoms with Gasteiger partial charge in [-0.3, -0.25) is 9.59 Å². The van der Waals surface area contributed by atoms with E-state index in [-0.39, 0.29) is 17.7 Å². The first-order valence-corrected chi connectivity index (χ1v) is 6.04. The predicted octanol–water partition coefficient (Wildman–Crippen LogP) is 1.43. The highest BCUT2D eigenvalue weighted by molar-refractivity contribution is 5.91. The minimum atomic E-state index is -0.295. The van der Waals surface area contributed by atoms with E-state index in [4.69, 9.17) is 4.74 Å². The molecule has 0 aliphatic carbocycles. The van der Waals surface area contributed by atoms with Crippen LogP contribution in [0.15, 0.2) is 24.3 Å². The molecule has 0 N–H and O–H groups in total. The van der Waals surface area contributed by atoms with E-state index < -0.39 is 0 Å². The third-order valence-corrected chi connectivity index (χ3v) is 3.34. The first-order valence-electron chi connectivity index (χ1n) is 6.04. The molecule has 2 rings (SSSR count). The van der Waals surface area contributed by atoms with Crippen molar-refractivity contribution in [2.75, 3.05) is 13.7 Å². The molecule has 1 aliphatic heterocycles. The van der Waals surface area contributed by atoms with Crippen LogP contribution < -0.4 is 4.74 Å². The summed E-state index contributed by atoms with van der Waals surface area (Å²) in [4.78, 5) is 24.9. The highest BCUT2D eigenvalue weighted by Crippen LogP contribution is 2.20. The maximum Gasteiger partial charge on any atom is 0.220 e. The number of nitrogens with zero attached hydrogens (tertiary/aromatic N) is 1. The van der Waals surface area contributed by atoms with Crippen LogP contribution in [0.25, 0.3) is 0 Å². The molecule has 18 heavy (non-hydrogen) atoms. The van der Waals surface area contributed by atoms with Crippen molar-refractivity contribution in [3.63, 3.8) is 0 Å². The van der Waals surface area contributed by atoms with Gasteiger partial charge in [-0.2, -0.15) is 0 Å². The van der Waals surface area contributed by atoms with E-state index in [1.807, 2.05) is 24.3 Å². The molecule has 0 bridgehead atoms. The van der Waals surface area contributed by atoms with Crippen LogP contribution in [0.4, 0.5) is 0 Å². The normalized spacial score (nSPS) is 19.1. The number of hydrogen-bond acceptors (Lipinski definition) is 3. The van der Waals surface area contributed by atoms with Crippen molar-refractivity contribution in [3.05, 3.63) is 29.8 Å². The topological polar surface area (TPSA) is 46.6 Å². The Hall–Kier alpha value is -1.84. The molecule has 0 radical (unpaired) electrons.